The van der Waals surface area contributed by atoms with Gasteiger partial charge in [0.1, 0.15) is 0 Å². The summed E-state index contributed by atoms with van der Waals surface area (Å²) < 4.78 is 4.63. The minimum atomic E-state index is 0.00557. The molecule has 0 saturated carbocycles. The smallest absolute Gasteiger partial charge is 0.319 e. The fraction of sp³-hybridized carbons (Fsp3) is 0. The van der Waals surface area contributed by atoms with Crippen molar-refractivity contribution in [1.29, 1.82) is 0 Å². The van der Waals surface area contributed by atoms with Gasteiger partial charge in [0.2, 0.25) is 5.82 Å². The standard InChI is InChI=1S/C8H5Cl2N3O/c9-4-1-2-5(6(10)3-4)7-12-8(11)14-13-7/h1-3H,(H2,11,12,13). The van der Waals surface area contributed by atoms with Gasteiger partial charge in [0.25, 0.3) is 0 Å². The van der Waals surface area contributed by atoms with Crippen molar-refractivity contribution in [1.82, 2.24) is 10.1 Å². The van der Waals surface area contributed by atoms with Crippen LogP contribution >= 0.6 is 23.2 Å². The summed E-state index contributed by atoms with van der Waals surface area (Å²) in [4.78, 5) is 3.84. The Bertz CT molecular complexity index is 469. The highest BCUT2D eigenvalue weighted by molar-refractivity contribution is 6.36. The van der Waals surface area contributed by atoms with E-state index in [4.69, 9.17) is 28.9 Å². The second-order valence-corrected chi connectivity index (χ2v) is 3.42. The van der Waals surface area contributed by atoms with Crippen molar-refractivity contribution in [2.45, 2.75) is 0 Å². The lowest BCUT2D eigenvalue weighted by Crippen LogP contribution is -1.85. The Hall–Kier alpha value is -1.26. The molecule has 0 spiro atoms. The first-order valence-electron chi connectivity index (χ1n) is 3.71. The van der Waals surface area contributed by atoms with Gasteiger partial charge in [-0.3, -0.25) is 0 Å². The summed E-state index contributed by atoms with van der Waals surface area (Å²) >= 11 is 11.7. The van der Waals surface area contributed by atoms with Crippen LogP contribution in [0.3, 0.4) is 0 Å². The third-order valence-electron chi connectivity index (χ3n) is 1.61. The highest BCUT2D eigenvalue weighted by Crippen LogP contribution is 2.28. The molecule has 0 radical (unpaired) electrons. The van der Waals surface area contributed by atoms with Crippen molar-refractivity contribution in [3.8, 4) is 11.4 Å². The zero-order chi connectivity index (χ0) is 10.1. The number of nitrogens with two attached hydrogens (primary N) is 1. The van der Waals surface area contributed by atoms with Crippen LogP contribution in [-0.4, -0.2) is 10.1 Å². The third-order valence-corrected chi connectivity index (χ3v) is 2.16. The predicted molar refractivity (Wildman–Crippen MR) is 54.2 cm³/mol. The number of nitrogen functional groups attached to an aromatic ring is 1. The first-order valence-corrected chi connectivity index (χ1v) is 4.47. The van der Waals surface area contributed by atoms with E-state index in [1.54, 1.807) is 18.2 Å². The van der Waals surface area contributed by atoms with E-state index in [-0.39, 0.29) is 6.01 Å². The van der Waals surface area contributed by atoms with Crippen LogP contribution in [0.1, 0.15) is 0 Å². The van der Waals surface area contributed by atoms with E-state index in [0.29, 0.717) is 21.4 Å². The van der Waals surface area contributed by atoms with Crippen LogP contribution < -0.4 is 5.73 Å². The number of hydrogen-bond acceptors (Lipinski definition) is 4. The van der Waals surface area contributed by atoms with Gasteiger partial charge in [-0.2, -0.15) is 4.98 Å². The molecule has 72 valence electrons. The molecule has 0 unspecified atom stereocenters. The van der Waals surface area contributed by atoms with Gasteiger partial charge >= 0.3 is 6.01 Å². The van der Waals surface area contributed by atoms with Crippen LogP contribution in [-0.2, 0) is 0 Å². The topological polar surface area (TPSA) is 64.9 Å². The minimum Gasteiger partial charge on any atom is -0.351 e. The van der Waals surface area contributed by atoms with E-state index in [9.17, 15) is 0 Å². The van der Waals surface area contributed by atoms with Gasteiger partial charge in [-0.15, -0.1) is 0 Å². The number of rotatable bonds is 1. The molecule has 6 heteroatoms. The Kier molecular flexibility index (Phi) is 2.31. The molecule has 0 fully saturated rings. The van der Waals surface area contributed by atoms with Crippen molar-refractivity contribution in [3.63, 3.8) is 0 Å². The molecule has 1 heterocycles. The van der Waals surface area contributed by atoms with Gasteiger partial charge < -0.3 is 10.3 Å². The highest BCUT2D eigenvalue weighted by atomic mass is 35.5. The van der Waals surface area contributed by atoms with Crippen molar-refractivity contribution in [2.75, 3.05) is 5.73 Å². The SMILES string of the molecule is Nc1nc(-c2ccc(Cl)cc2Cl)no1. The third kappa shape index (κ3) is 1.66. The Morgan fingerprint density at radius 2 is 2.07 bits per heavy atom. The average Bonchev–Trinajstić information content (AvgIpc) is 2.51. The van der Waals surface area contributed by atoms with Crippen LogP contribution in [0.4, 0.5) is 6.01 Å². The summed E-state index contributed by atoms with van der Waals surface area (Å²) in [6.07, 6.45) is 0. The molecule has 4 nitrogen and oxygen atoms in total. The molecule has 0 atom stereocenters. The Morgan fingerprint density at radius 3 is 2.64 bits per heavy atom. The molecular weight excluding hydrogens is 225 g/mol. The van der Waals surface area contributed by atoms with Gasteiger partial charge in [-0.05, 0) is 18.2 Å². The normalized spacial score (nSPS) is 10.4. The Labute approximate surface area is 89.6 Å². The molecule has 0 saturated heterocycles. The number of aromatic nitrogens is 2. The zero-order valence-electron chi connectivity index (χ0n) is 6.87. The molecule has 2 N–H and O–H groups in total. The maximum atomic E-state index is 5.93. The van der Waals surface area contributed by atoms with Crippen LogP contribution in [0.25, 0.3) is 11.4 Å². The zero-order valence-corrected chi connectivity index (χ0v) is 8.38. The first kappa shape index (κ1) is 9.30. The van der Waals surface area contributed by atoms with Crippen molar-refractivity contribution in [3.05, 3.63) is 28.2 Å². The largest absolute Gasteiger partial charge is 0.351 e. The molecule has 0 aliphatic carbocycles. The van der Waals surface area contributed by atoms with Crippen LogP contribution in [0.5, 0.6) is 0 Å². The van der Waals surface area contributed by atoms with Gasteiger partial charge in [0, 0.05) is 10.6 Å². The quantitative estimate of drug-likeness (QED) is 0.817. The predicted octanol–water partition coefficient (Wildman–Crippen LogP) is 2.63. The maximum Gasteiger partial charge on any atom is 0.319 e. The van der Waals surface area contributed by atoms with Crippen molar-refractivity contribution >= 4 is 29.2 Å². The van der Waals surface area contributed by atoms with E-state index in [1.165, 1.54) is 0 Å². The summed E-state index contributed by atoms with van der Waals surface area (Å²) in [5.74, 6) is 0.351. The van der Waals surface area contributed by atoms with Crippen LogP contribution in [0, 0.1) is 0 Å². The molecule has 0 aliphatic heterocycles. The molecule has 0 amide bonds. The molecule has 0 aliphatic rings. The second kappa shape index (κ2) is 3.48. The summed E-state index contributed by atoms with van der Waals surface area (Å²) in [5.41, 5.74) is 5.92. The fourth-order valence-corrected chi connectivity index (χ4v) is 1.51. The number of anilines is 1. The van der Waals surface area contributed by atoms with Gasteiger partial charge in [-0.1, -0.05) is 28.4 Å². The van der Waals surface area contributed by atoms with Gasteiger partial charge in [0.05, 0.1) is 5.02 Å². The number of hydrogen-bond donors (Lipinski definition) is 1. The number of nitrogens with zero attached hydrogens (tertiary/aromatic N) is 2. The molecule has 14 heavy (non-hydrogen) atoms. The molecule has 1 aromatic heterocycles. The van der Waals surface area contributed by atoms with E-state index in [2.05, 4.69) is 14.7 Å². The fourth-order valence-electron chi connectivity index (χ4n) is 1.02. The first-order chi connectivity index (χ1) is 6.66. The molecule has 0 bridgehead atoms. The second-order valence-electron chi connectivity index (χ2n) is 2.58. The van der Waals surface area contributed by atoms with Gasteiger partial charge in [0.15, 0.2) is 0 Å². The Morgan fingerprint density at radius 1 is 1.29 bits per heavy atom. The van der Waals surface area contributed by atoms with Gasteiger partial charge in [-0.25, -0.2) is 0 Å². The molecular formula is C8H5Cl2N3O. The monoisotopic (exact) mass is 229 g/mol. The maximum absolute atomic E-state index is 5.93. The highest BCUT2D eigenvalue weighted by Gasteiger charge is 2.10. The summed E-state index contributed by atoms with van der Waals surface area (Å²) in [6, 6.07) is 5.00. The summed E-state index contributed by atoms with van der Waals surface area (Å²) in [5, 5.41) is 4.65. The van der Waals surface area contributed by atoms with Crippen LogP contribution in [0.2, 0.25) is 10.0 Å². The lowest BCUT2D eigenvalue weighted by molar-refractivity contribution is 0.437. The van der Waals surface area contributed by atoms with Crippen LogP contribution in [0.15, 0.2) is 22.7 Å². The molecule has 2 rings (SSSR count). The summed E-state index contributed by atoms with van der Waals surface area (Å²) in [7, 11) is 0. The van der Waals surface area contributed by atoms with E-state index < -0.39 is 0 Å². The number of halogens is 2. The minimum absolute atomic E-state index is 0.00557. The van der Waals surface area contributed by atoms with Crippen molar-refractivity contribution in [2.24, 2.45) is 0 Å². The lowest BCUT2D eigenvalue weighted by Gasteiger charge is -1.97. The number of benzene rings is 1. The van der Waals surface area contributed by atoms with E-state index >= 15 is 0 Å². The molecule has 2 aromatic rings. The average molecular weight is 230 g/mol. The van der Waals surface area contributed by atoms with E-state index in [1.807, 2.05) is 0 Å². The van der Waals surface area contributed by atoms with Crippen molar-refractivity contribution < 1.29 is 4.52 Å². The Balaban J connectivity index is 2.52. The summed E-state index contributed by atoms with van der Waals surface area (Å²) in [6.45, 7) is 0. The van der Waals surface area contributed by atoms with E-state index in [0.717, 1.165) is 0 Å². The molecule has 1 aromatic carbocycles. The lowest BCUT2D eigenvalue weighted by atomic mass is 10.2.